The summed E-state index contributed by atoms with van der Waals surface area (Å²) >= 11 is 0. The Morgan fingerprint density at radius 2 is 0.311 bits per heavy atom. The van der Waals surface area contributed by atoms with Crippen LogP contribution in [0.1, 0.15) is 116 Å². The Labute approximate surface area is 531 Å². The minimum absolute atomic E-state index is 0.0885. The van der Waals surface area contributed by atoms with Gasteiger partial charge in [-0.05, 0) is 175 Å². The first-order valence-electron chi connectivity index (χ1n) is 32.7. The molecule has 12 nitrogen and oxygen atoms in total. The molecule has 6 heterocycles. The summed E-state index contributed by atoms with van der Waals surface area (Å²) in [5.41, 5.74) is 17.9. The number of hydrogen-bond acceptors (Lipinski definition) is 12. The van der Waals surface area contributed by atoms with Crippen molar-refractivity contribution in [2.75, 3.05) is 39.6 Å². The molecular formula is C78H84N6O6. The Bertz CT molecular complexity index is 3280. The van der Waals surface area contributed by atoms with E-state index in [4.69, 9.17) is 58.4 Å². The SMILES string of the molecule is CC(C)[C@H]1COC(c2ccc(-c3c(-c4ccc(C5=N[C@@H](C(C)C)CO5)cc4)c(-c4ccc(C5=N[C@@H](C(C)C)CO5)cc4)c(-c4ccc(C5=N[C@@H](C(C)C)CO5)cc4)c(-c4ccc(C5=N[C@@H](C(C)C)CO5)cc4)c3-c3ccc(C4=N[C@@H](C(C)C)CO4)cc3)cc2)=N1. The molecule has 0 spiro atoms. The van der Waals surface area contributed by atoms with Crippen LogP contribution in [0.5, 0.6) is 0 Å². The number of nitrogens with zero attached hydrogens (tertiary/aromatic N) is 6. The van der Waals surface area contributed by atoms with E-state index in [1.54, 1.807) is 0 Å². The highest BCUT2D eigenvalue weighted by Crippen LogP contribution is 2.56. The molecule has 12 heteroatoms. The molecule has 462 valence electrons. The van der Waals surface area contributed by atoms with Crippen LogP contribution in [-0.2, 0) is 28.4 Å². The number of benzene rings is 7. The zero-order valence-corrected chi connectivity index (χ0v) is 54.2. The standard InChI is InChI=1S/C78H84N6O6/c1-43(2)61-37-85-73(79-61)55-25-13-49(14-26-55)67-68(50-15-27-56(28-16-50)74-80-62(38-86-74)44(3)4)70(52-19-31-58(32-20-52)76-82-64(40-88-76)46(7)8)72(54-23-35-60(36-24-54)78-84-66(42-90-78)48(11)12)71(53-21-33-59(34-22-53)77-83-65(41-89-77)47(9)10)69(67)51-17-29-57(30-18-51)75-81-63(39-87-75)45(5)6/h13-36,43-48,61-66H,37-42H2,1-12H3/t61-,62-,63-,64-,65-,66-/m1/s1. The highest BCUT2D eigenvalue weighted by molar-refractivity contribution is 6.16. The first-order chi connectivity index (χ1) is 43.5. The van der Waals surface area contributed by atoms with Crippen LogP contribution < -0.4 is 0 Å². The van der Waals surface area contributed by atoms with Gasteiger partial charge in [0, 0.05) is 33.4 Å². The molecule has 90 heavy (non-hydrogen) atoms. The zero-order valence-electron chi connectivity index (χ0n) is 54.2. The van der Waals surface area contributed by atoms with Crippen molar-refractivity contribution < 1.29 is 28.4 Å². The van der Waals surface area contributed by atoms with Crippen LogP contribution in [0.4, 0.5) is 0 Å². The molecule has 0 saturated heterocycles. The van der Waals surface area contributed by atoms with Gasteiger partial charge in [-0.25, -0.2) is 30.0 Å². The predicted octanol–water partition coefficient (Wildman–Crippen LogP) is 16.5. The molecule has 6 atom stereocenters. The molecule has 0 bridgehead atoms. The number of hydrogen-bond donors (Lipinski definition) is 0. The molecule has 0 aromatic heterocycles. The highest BCUT2D eigenvalue weighted by atomic mass is 16.5. The van der Waals surface area contributed by atoms with Gasteiger partial charge in [0.1, 0.15) is 39.6 Å². The zero-order chi connectivity index (χ0) is 62.5. The van der Waals surface area contributed by atoms with E-state index in [2.05, 4.69) is 229 Å². The lowest BCUT2D eigenvalue weighted by Crippen LogP contribution is -2.13. The summed E-state index contributed by atoms with van der Waals surface area (Å²) < 4.78 is 38.1. The van der Waals surface area contributed by atoms with E-state index in [0.717, 1.165) is 100 Å². The quantitative estimate of drug-likeness (QED) is 0.0841. The molecule has 0 fully saturated rings. The van der Waals surface area contributed by atoms with Gasteiger partial charge in [-0.2, -0.15) is 0 Å². The van der Waals surface area contributed by atoms with E-state index in [9.17, 15) is 0 Å². The monoisotopic (exact) mass is 1200 g/mol. The first kappa shape index (κ1) is 60.3. The summed E-state index contributed by atoms with van der Waals surface area (Å²) in [6, 6.07) is 53.6. The maximum atomic E-state index is 6.35. The lowest BCUT2D eigenvalue weighted by atomic mass is 9.74. The van der Waals surface area contributed by atoms with E-state index >= 15 is 0 Å². The van der Waals surface area contributed by atoms with Crippen molar-refractivity contribution in [3.63, 3.8) is 0 Å². The van der Waals surface area contributed by atoms with Crippen molar-refractivity contribution in [3.8, 4) is 66.8 Å². The molecule has 0 saturated carbocycles. The Morgan fingerprint density at radius 1 is 0.200 bits per heavy atom. The summed E-state index contributed by atoms with van der Waals surface area (Å²) in [6.45, 7) is 29.7. The highest BCUT2D eigenvalue weighted by Gasteiger charge is 2.34. The van der Waals surface area contributed by atoms with Gasteiger partial charge in [-0.1, -0.05) is 156 Å². The van der Waals surface area contributed by atoms with Crippen molar-refractivity contribution in [1.29, 1.82) is 0 Å². The van der Waals surface area contributed by atoms with E-state index in [1.165, 1.54) is 0 Å². The van der Waals surface area contributed by atoms with E-state index in [-0.39, 0.29) is 36.3 Å². The molecule has 7 aromatic carbocycles. The molecule has 6 aliphatic rings. The van der Waals surface area contributed by atoms with Gasteiger partial charge in [-0.15, -0.1) is 0 Å². The van der Waals surface area contributed by atoms with Crippen molar-refractivity contribution in [3.05, 3.63) is 179 Å². The van der Waals surface area contributed by atoms with Crippen LogP contribution in [0.2, 0.25) is 0 Å². The maximum Gasteiger partial charge on any atom is 0.216 e. The summed E-state index contributed by atoms with van der Waals surface area (Å²) in [6.07, 6.45) is 0. The van der Waals surface area contributed by atoms with Gasteiger partial charge in [-0.3, -0.25) is 0 Å². The van der Waals surface area contributed by atoms with Crippen LogP contribution in [-0.4, -0.2) is 111 Å². The Balaban J connectivity index is 1.14. The second kappa shape index (κ2) is 25.3. The molecule has 6 aliphatic heterocycles. The van der Waals surface area contributed by atoms with Crippen molar-refractivity contribution in [1.82, 2.24) is 0 Å². The maximum absolute atomic E-state index is 6.35. The number of ether oxygens (including phenoxy) is 6. The summed E-state index contributed by atoms with van der Waals surface area (Å²) in [4.78, 5) is 30.6. The molecule has 0 amide bonds. The average molecular weight is 1200 g/mol. The fraction of sp³-hybridized carbons (Fsp3) is 0.385. The van der Waals surface area contributed by atoms with Gasteiger partial charge >= 0.3 is 0 Å². The van der Waals surface area contributed by atoms with Crippen LogP contribution in [0.25, 0.3) is 66.8 Å². The minimum Gasteiger partial charge on any atom is -0.475 e. The summed E-state index contributed by atoms with van der Waals surface area (Å²) in [5.74, 6) is 6.09. The third-order valence-electron chi connectivity index (χ3n) is 18.7. The van der Waals surface area contributed by atoms with Gasteiger partial charge in [0.2, 0.25) is 35.4 Å². The van der Waals surface area contributed by atoms with Crippen LogP contribution >= 0.6 is 0 Å². The van der Waals surface area contributed by atoms with Crippen LogP contribution in [0.3, 0.4) is 0 Å². The van der Waals surface area contributed by atoms with Gasteiger partial charge in [0.25, 0.3) is 0 Å². The topological polar surface area (TPSA) is 130 Å². The molecule has 0 unspecified atom stereocenters. The van der Waals surface area contributed by atoms with Gasteiger partial charge in [0.15, 0.2) is 0 Å². The van der Waals surface area contributed by atoms with E-state index in [0.29, 0.717) is 111 Å². The second-order valence-corrected chi connectivity index (χ2v) is 27.1. The van der Waals surface area contributed by atoms with Crippen LogP contribution in [0, 0.1) is 35.5 Å². The summed E-state index contributed by atoms with van der Waals surface area (Å²) in [5, 5.41) is 0. The molecule has 0 N–H and O–H groups in total. The lowest BCUT2D eigenvalue weighted by molar-refractivity contribution is 0.291. The lowest BCUT2D eigenvalue weighted by Gasteiger charge is -2.29. The summed E-state index contributed by atoms with van der Waals surface area (Å²) in [7, 11) is 0. The first-order valence-corrected chi connectivity index (χ1v) is 32.7. The van der Waals surface area contributed by atoms with E-state index in [1.807, 2.05) is 0 Å². The fourth-order valence-electron chi connectivity index (χ4n) is 12.5. The Morgan fingerprint density at radius 3 is 0.411 bits per heavy atom. The molecular weight excluding hydrogens is 1120 g/mol. The van der Waals surface area contributed by atoms with Gasteiger partial charge in [0.05, 0.1) is 36.3 Å². The number of rotatable bonds is 18. The van der Waals surface area contributed by atoms with Crippen molar-refractivity contribution >= 4 is 35.4 Å². The van der Waals surface area contributed by atoms with Crippen molar-refractivity contribution in [2.24, 2.45) is 65.5 Å². The fourth-order valence-corrected chi connectivity index (χ4v) is 12.5. The van der Waals surface area contributed by atoms with Crippen LogP contribution in [0.15, 0.2) is 176 Å². The average Bonchev–Trinajstić information content (AvgIpc) is 0.976. The smallest absolute Gasteiger partial charge is 0.216 e. The molecule has 0 aliphatic carbocycles. The Kier molecular flexibility index (Phi) is 17.0. The molecule has 13 rings (SSSR count). The van der Waals surface area contributed by atoms with Crippen molar-refractivity contribution in [2.45, 2.75) is 119 Å². The van der Waals surface area contributed by atoms with E-state index < -0.39 is 0 Å². The second-order valence-electron chi connectivity index (χ2n) is 27.1. The minimum atomic E-state index is 0.0885. The Hall–Kier alpha value is -8.64. The number of aliphatic imine (C=N–C) groups is 6. The molecule has 7 aromatic rings. The third kappa shape index (κ3) is 12.0. The third-order valence-corrected chi connectivity index (χ3v) is 18.7. The largest absolute Gasteiger partial charge is 0.475 e. The normalized spacial score (nSPS) is 21.3. The van der Waals surface area contributed by atoms with Gasteiger partial charge < -0.3 is 28.4 Å². The predicted molar refractivity (Wildman–Crippen MR) is 366 cm³/mol. The molecule has 0 radical (unpaired) electrons.